The van der Waals surface area contributed by atoms with Crippen LogP contribution in [0.15, 0.2) is 54.6 Å². The number of benzene rings is 2. The maximum atomic E-state index is 12.7. The van der Waals surface area contributed by atoms with E-state index in [1.807, 2.05) is 42.5 Å². The summed E-state index contributed by atoms with van der Waals surface area (Å²) < 4.78 is 7.41. The molecule has 33 heavy (non-hydrogen) atoms. The molecule has 0 unspecified atom stereocenters. The molecule has 0 radical (unpaired) electrons. The first-order valence-corrected chi connectivity index (χ1v) is 11.1. The topological polar surface area (TPSA) is 96.7 Å². The van der Waals surface area contributed by atoms with Crippen LogP contribution < -0.4 is 14.5 Å². The number of carbonyl (C=O) groups is 2. The van der Waals surface area contributed by atoms with E-state index in [4.69, 9.17) is 4.74 Å². The lowest BCUT2D eigenvalue weighted by molar-refractivity contribution is -0.133. The minimum Gasteiger partial charge on any atom is -0.484 e. The number of rotatable bonds is 6. The molecule has 170 valence electrons. The molecule has 5 rings (SSSR count). The molecule has 2 fully saturated rings. The Morgan fingerprint density at radius 2 is 1.67 bits per heavy atom. The maximum Gasteiger partial charge on any atom is 0.260 e. The van der Waals surface area contributed by atoms with Gasteiger partial charge in [-0.2, -0.15) is 4.68 Å². The summed E-state index contributed by atoms with van der Waals surface area (Å²) in [4.78, 5) is 30.2. The van der Waals surface area contributed by atoms with E-state index in [0.717, 1.165) is 24.3 Å². The number of hydrogen-bond donors (Lipinski definition) is 0. The molecule has 3 aromatic rings. The molecule has 0 bridgehead atoms. The Morgan fingerprint density at radius 1 is 0.909 bits per heavy atom. The summed E-state index contributed by atoms with van der Waals surface area (Å²) in [5, 5.41) is 12.1. The van der Waals surface area contributed by atoms with E-state index in [2.05, 4.69) is 20.4 Å². The third-order valence-electron chi connectivity index (χ3n) is 5.95. The predicted octanol–water partition coefficient (Wildman–Crippen LogP) is 1.52. The lowest BCUT2D eigenvalue weighted by Gasteiger charge is -2.34. The van der Waals surface area contributed by atoms with Crippen LogP contribution in [0.5, 0.6) is 5.75 Å². The molecule has 10 nitrogen and oxygen atoms in total. The summed E-state index contributed by atoms with van der Waals surface area (Å²) in [5.41, 5.74) is 1.76. The van der Waals surface area contributed by atoms with Gasteiger partial charge in [-0.05, 0) is 53.2 Å². The Balaban J connectivity index is 1.13. The molecule has 0 spiro atoms. The second kappa shape index (κ2) is 9.27. The highest BCUT2D eigenvalue weighted by Crippen LogP contribution is 2.24. The van der Waals surface area contributed by atoms with Gasteiger partial charge < -0.3 is 19.4 Å². The van der Waals surface area contributed by atoms with Gasteiger partial charge in [-0.15, -0.1) is 0 Å². The van der Waals surface area contributed by atoms with Crippen LogP contribution in [-0.2, 0) is 9.59 Å². The Kier molecular flexibility index (Phi) is 5.88. The first-order valence-electron chi connectivity index (χ1n) is 11.1. The highest BCUT2D eigenvalue weighted by atomic mass is 16.5. The molecule has 0 aliphatic carbocycles. The zero-order chi connectivity index (χ0) is 22.6. The number of aromatic nitrogens is 4. The van der Waals surface area contributed by atoms with Crippen LogP contribution in [0.1, 0.15) is 12.8 Å². The Morgan fingerprint density at radius 3 is 2.36 bits per heavy atom. The number of amides is 2. The first kappa shape index (κ1) is 20.9. The maximum absolute atomic E-state index is 12.7. The fourth-order valence-electron chi connectivity index (χ4n) is 4.15. The highest BCUT2D eigenvalue weighted by molar-refractivity contribution is 5.95. The minimum absolute atomic E-state index is 0.0241. The van der Waals surface area contributed by atoms with Crippen LogP contribution >= 0.6 is 0 Å². The van der Waals surface area contributed by atoms with Gasteiger partial charge in [0.2, 0.25) is 11.9 Å². The number of para-hydroxylation sites is 1. The number of nitrogens with zero attached hydrogens (tertiary/aromatic N) is 7. The number of piperazine rings is 1. The largest absolute Gasteiger partial charge is 0.484 e. The van der Waals surface area contributed by atoms with Crippen LogP contribution in [0.3, 0.4) is 0 Å². The smallest absolute Gasteiger partial charge is 0.260 e. The average Bonchev–Trinajstić information content (AvgIpc) is 3.53. The van der Waals surface area contributed by atoms with Crippen LogP contribution in [0.25, 0.3) is 5.69 Å². The molecule has 2 aliphatic heterocycles. The first-order chi connectivity index (χ1) is 16.2. The van der Waals surface area contributed by atoms with Crippen LogP contribution in [0.4, 0.5) is 11.6 Å². The summed E-state index contributed by atoms with van der Waals surface area (Å²) in [5.74, 6) is 1.37. The minimum atomic E-state index is -0.0592. The zero-order valence-corrected chi connectivity index (χ0v) is 18.2. The monoisotopic (exact) mass is 447 g/mol. The molecule has 2 aromatic carbocycles. The van der Waals surface area contributed by atoms with E-state index in [1.54, 1.807) is 26.6 Å². The molecule has 2 saturated heterocycles. The molecule has 3 heterocycles. The van der Waals surface area contributed by atoms with Crippen molar-refractivity contribution in [2.24, 2.45) is 0 Å². The lowest BCUT2D eigenvalue weighted by Crippen LogP contribution is -2.50. The fraction of sp³-hybridized carbons (Fsp3) is 0.348. The molecular formula is C23H25N7O3. The van der Waals surface area contributed by atoms with Gasteiger partial charge >= 0.3 is 0 Å². The quantitative estimate of drug-likeness (QED) is 0.565. The summed E-state index contributed by atoms with van der Waals surface area (Å²) in [6.07, 6.45) is 1.49. The van der Waals surface area contributed by atoms with Crippen LogP contribution in [0, 0.1) is 0 Å². The number of carbonyl (C=O) groups excluding carboxylic acids is 2. The van der Waals surface area contributed by atoms with Gasteiger partial charge in [0.05, 0.1) is 5.69 Å². The molecule has 0 atom stereocenters. The van der Waals surface area contributed by atoms with Crippen molar-refractivity contribution in [3.63, 3.8) is 0 Å². The Hall–Kier alpha value is -3.95. The third kappa shape index (κ3) is 4.50. The standard InChI is InChI=1S/C23H25N7O3/c31-21-7-4-12-29(21)18-8-10-20(11-9-18)33-17-22(32)27-13-15-28(16-14-27)23-24-25-26-30(23)19-5-2-1-3-6-19/h1-3,5-6,8-11H,4,7,12-17H2. The van der Waals surface area contributed by atoms with Gasteiger partial charge in [-0.25, -0.2) is 0 Å². The van der Waals surface area contributed by atoms with Crippen molar-refractivity contribution in [3.05, 3.63) is 54.6 Å². The third-order valence-corrected chi connectivity index (χ3v) is 5.95. The number of anilines is 2. The lowest BCUT2D eigenvalue weighted by atomic mass is 10.3. The van der Waals surface area contributed by atoms with Crippen molar-refractivity contribution < 1.29 is 14.3 Å². The molecular weight excluding hydrogens is 422 g/mol. The van der Waals surface area contributed by atoms with E-state index in [0.29, 0.717) is 44.3 Å². The van der Waals surface area contributed by atoms with Crippen molar-refractivity contribution in [2.75, 3.05) is 49.1 Å². The van der Waals surface area contributed by atoms with E-state index >= 15 is 0 Å². The van der Waals surface area contributed by atoms with Crippen LogP contribution in [0.2, 0.25) is 0 Å². The Bertz CT molecular complexity index is 1110. The van der Waals surface area contributed by atoms with Crippen molar-refractivity contribution in [3.8, 4) is 11.4 Å². The average molecular weight is 447 g/mol. The van der Waals surface area contributed by atoms with Crippen molar-refractivity contribution in [1.82, 2.24) is 25.1 Å². The predicted molar refractivity (Wildman–Crippen MR) is 121 cm³/mol. The molecule has 0 saturated carbocycles. The van der Waals surface area contributed by atoms with E-state index in [9.17, 15) is 9.59 Å². The van der Waals surface area contributed by atoms with E-state index < -0.39 is 0 Å². The van der Waals surface area contributed by atoms with Crippen molar-refractivity contribution in [1.29, 1.82) is 0 Å². The second-order valence-electron chi connectivity index (χ2n) is 8.03. The Labute approximate surface area is 191 Å². The highest BCUT2D eigenvalue weighted by Gasteiger charge is 2.25. The molecule has 1 aromatic heterocycles. The summed E-state index contributed by atoms with van der Waals surface area (Å²) in [6, 6.07) is 17.1. The molecule has 2 aliphatic rings. The van der Waals surface area contributed by atoms with Crippen LogP contribution in [-0.4, -0.2) is 76.3 Å². The van der Waals surface area contributed by atoms with Crippen molar-refractivity contribution in [2.45, 2.75) is 12.8 Å². The normalized spacial score (nSPS) is 16.4. The van der Waals surface area contributed by atoms with Gasteiger partial charge in [0.1, 0.15) is 5.75 Å². The SMILES string of the molecule is O=C(COc1ccc(N2CCCC2=O)cc1)N1CCN(c2nnnn2-c2ccccc2)CC1. The van der Waals surface area contributed by atoms with E-state index in [-0.39, 0.29) is 18.4 Å². The van der Waals surface area contributed by atoms with Gasteiger partial charge in [0.15, 0.2) is 6.61 Å². The van der Waals surface area contributed by atoms with Gasteiger partial charge in [-0.3, -0.25) is 9.59 Å². The van der Waals surface area contributed by atoms with Gasteiger partial charge in [0.25, 0.3) is 5.91 Å². The van der Waals surface area contributed by atoms with Crippen molar-refractivity contribution >= 4 is 23.5 Å². The molecule has 0 N–H and O–H groups in total. The number of hydrogen-bond acceptors (Lipinski definition) is 7. The number of tetrazole rings is 1. The summed E-state index contributed by atoms with van der Waals surface area (Å²) in [7, 11) is 0. The molecule has 2 amide bonds. The molecule has 10 heteroatoms. The zero-order valence-electron chi connectivity index (χ0n) is 18.2. The number of ether oxygens (including phenoxy) is 1. The summed E-state index contributed by atoms with van der Waals surface area (Å²) in [6.45, 7) is 3.14. The van der Waals surface area contributed by atoms with E-state index in [1.165, 1.54) is 0 Å². The fourth-order valence-corrected chi connectivity index (χ4v) is 4.15. The summed E-state index contributed by atoms with van der Waals surface area (Å²) >= 11 is 0. The second-order valence-corrected chi connectivity index (χ2v) is 8.03. The van der Waals surface area contributed by atoms with Gasteiger partial charge in [0, 0.05) is 44.8 Å². The van der Waals surface area contributed by atoms with Gasteiger partial charge in [-0.1, -0.05) is 23.3 Å².